The minimum atomic E-state index is -0.370. The third-order valence-electron chi connectivity index (χ3n) is 4.08. The summed E-state index contributed by atoms with van der Waals surface area (Å²) in [6.07, 6.45) is 3.22. The Morgan fingerprint density at radius 3 is 2.40 bits per heavy atom. The summed E-state index contributed by atoms with van der Waals surface area (Å²) in [4.78, 5) is 24.0. The van der Waals surface area contributed by atoms with E-state index in [9.17, 15) is 14.0 Å². The highest BCUT2D eigenvalue weighted by Gasteiger charge is 2.17. The van der Waals surface area contributed by atoms with Crippen LogP contribution in [-0.4, -0.2) is 16.4 Å². The number of carbonyl (C=O) groups excluding carboxylic acids is 2. The van der Waals surface area contributed by atoms with Crippen LogP contribution in [0.3, 0.4) is 0 Å². The largest absolute Gasteiger partial charge is 0.318 e. The molecule has 1 aromatic carbocycles. The standard InChI is InChI=1S/C19H24FN3O2/c1-4-5-6-7-18(24)21-22-19(25)17-12-13(2)23(14(17)3)16-10-8-15(20)9-11-16/h8-12H,4-7H2,1-3H3,(H,21,24)(H,22,25). The van der Waals surface area contributed by atoms with Crippen LogP contribution >= 0.6 is 0 Å². The van der Waals surface area contributed by atoms with Gasteiger partial charge >= 0.3 is 0 Å². The van der Waals surface area contributed by atoms with Gasteiger partial charge in [-0.3, -0.25) is 20.4 Å². The minimum absolute atomic E-state index is 0.200. The van der Waals surface area contributed by atoms with Crippen molar-refractivity contribution in [1.82, 2.24) is 15.4 Å². The summed E-state index contributed by atoms with van der Waals surface area (Å²) in [6.45, 7) is 5.75. The van der Waals surface area contributed by atoms with Crippen LogP contribution in [0.5, 0.6) is 0 Å². The first kappa shape index (κ1) is 18.7. The van der Waals surface area contributed by atoms with Gasteiger partial charge in [-0.2, -0.15) is 0 Å². The van der Waals surface area contributed by atoms with Gasteiger partial charge in [-0.05, 0) is 50.6 Å². The second-order valence-electron chi connectivity index (χ2n) is 6.06. The number of hydrogen-bond donors (Lipinski definition) is 2. The Hall–Kier alpha value is -2.63. The van der Waals surface area contributed by atoms with Gasteiger partial charge in [0.05, 0.1) is 5.56 Å². The maximum Gasteiger partial charge on any atom is 0.271 e. The molecule has 0 atom stereocenters. The van der Waals surface area contributed by atoms with Crippen LogP contribution in [0.1, 0.15) is 54.4 Å². The van der Waals surface area contributed by atoms with Gasteiger partial charge in [0.2, 0.25) is 5.91 Å². The van der Waals surface area contributed by atoms with E-state index in [0.29, 0.717) is 12.0 Å². The lowest BCUT2D eigenvalue weighted by atomic mass is 10.2. The summed E-state index contributed by atoms with van der Waals surface area (Å²) in [5.41, 5.74) is 7.72. The minimum Gasteiger partial charge on any atom is -0.318 e. The number of amides is 2. The fourth-order valence-corrected chi connectivity index (χ4v) is 2.77. The lowest BCUT2D eigenvalue weighted by Crippen LogP contribution is -2.41. The number of halogens is 1. The number of nitrogens with zero attached hydrogens (tertiary/aromatic N) is 1. The second kappa shape index (κ2) is 8.46. The molecule has 0 aliphatic rings. The van der Waals surface area contributed by atoms with Gasteiger partial charge in [0.1, 0.15) is 5.82 Å². The molecule has 134 valence electrons. The van der Waals surface area contributed by atoms with Crippen molar-refractivity contribution >= 4 is 11.8 Å². The summed E-state index contributed by atoms with van der Waals surface area (Å²) < 4.78 is 15.0. The summed E-state index contributed by atoms with van der Waals surface area (Å²) in [5, 5.41) is 0. The Morgan fingerprint density at radius 2 is 1.76 bits per heavy atom. The summed E-state index contributed by atoms with van der Waals surface area (Å²) in [5.74, 6) is -0.880. The molecule has 25 heavy (non-hydrogen) atoms. The lowest BCUT2D eigenvalue weighted by Gasteiger charge is -2.10. The van der Waals surface area contributed by atoms with Crippen LogP contribution in [0, 0.1) is 19.7 Å². The lowest BCUT2D eigenvalue weighted by molar-refractivity contribution is -0.121. The zero-order valence-corrected chi connectivity index (χ0v) is 14.9. The zero-order chi connectivity index (χ0) is 18.4. The molecule has 6 heteroatoms. The molecule has 0 aliphatic carbocycles. The van der Waals surface area contributed by atoms with E-state index in [0.717, 1.165) is 36.3 Å². The Kier molecular flexibility index (Phi) is 6.33. The Bertz CT molecular complexity index is 751. The molecule has 0 unspecified atom stereocenters. The molecule has 2 amide bonds. The number of hydrazine groups is 1. The second-order valence-corrected chi connectivity index (χ2v) is 6.06. The third kappa shape index (κ3) is 4.68. The van der Waals surface area contributed by atoms with Gasteiger partial charge in [-0.1, -0.05) is 19.8 Å². The Balaban J connectivity index is 2.07. The first-order valence-corrected chi connectivity index (χ1v) is 8.48. The van der Waals surface area contributed by atoms with Gasteiger partial charge in [0.25, 0.3) is 5.91 Å². The number of unbranched alkanes of at least 4 members (excludes halogenated alkanes) is 2. The molecule has 0 spiro atoms. The molecule has 5 nitrogen and oxygen atoms in total. The van der Waals surface area contributed by atoms with Crippen molar-refractivity contribution in [3.8, 4) is 5.69 Å². The average molecular weight is 345 g/mol. The highest BCUT2D eigenvalue weighted by Crippen LogP contribution is 2.21. The quantitative estimate of drug-likeness (QED) is 0.621. The van der Waals surface area contributed by atoms with Gasteiger partial charge in [0.15, 0.2) is 0 Å². The SMILES string of the molecule is CCCCCC(=O)NNC(=O)c1cc(C)n(-c2ccc(F)cc2)c1C. The molecule has 0 saturated carbocycles. The van der Waals surface area contributed by atoms with Crippen LogP contribution in [-0.2, 0) is 4.79 Å². The highest BCUT2D eigenvalue weighted by molar-refractivity contribution is 5.96. The molecule has 1 aromatic heterocycles. The van der Waals surface area contributed by atoms with E-state index < -0.39 is 0 Å². The van der Waals surface area contributed by atoms with Crippen molar-refractivity contribution in [1.29, 1.82) is 0 Å². The normalized spacial score (nSPS) is 10.6. The van der Waals surface area contributed by atoms with Crippen molar-refractivity contribution < 1.29 is 14.0 Å². The summed E-state index contributed by atoms with van der Waals surface area (Å²) >= 11 is 0. The fraction of sp³-hybridized carbons (Fsp3) is 0.368. The number of benzene rings is 1. The number of carbonyl (C=O) groups is 2. The van der Waals surface area contributed by atoms with Crippen LogP contribution in [0.25, 0.3) is 5.69 Å². The van der Waals surface area contributed by atoms with E-state index in [1.165, 1.54) is 12.1 Å². The molecule has 0 radical (unpaired) electrons. The van der Waals surface area contributed by atoms with E-state index in [-0.39, 0.29) is 17.6 Å². The van der Waals surface area contributed by atoms with Crippen LogP contribution in [0.2, 0.25) is 0 Å². The first-order chi connectivity index (χ1) is 11.9. The van der Waals surface area contributed by atoms with Crippen LogP contribution in [0.15, 0.2) is 30.3 Å². The smallest absolute Gasteiger partial charge is 0.271 e. The maximum atomic E-state index is 13.1. The fourth-order valence-electron chi connectivity index (χ4n) is 2.77. The molecular weight excluding hydrogens is 321 g/mol. The molecule has 2 rings (SSSR count). The van der Waals surface area contributed by atoms with E-state index in [1.807, 2.05) is 18.4 Å². The maximum absolute atomic E-state index is 13.1. The number of hydrogen-bond acceptors (Lipinski definition) is 2. The molecule has 2 aromatic rings. The zero-order valence-electron chi connectivity index (χ0n) is 14.9. The summed E-state index contributed by atoms with van der Waals surface area (Å²) in [7, 11) is 0. The monoisotopic (exact) mass is 345 g/mol. The van der Waals surface area contributed by atoms with Gasteiger partial charge in [-0.15, -0.1) is 0 Å². The highest BCUT2D eigenvalue weighted by atomic mass is 19.1. The van der Waals surface area contributed by atoms with E-state index in [2.05, 4.69) is 17.8 Å². The molecule has 0 bridgehead atoms. The predicted molar refractivity (Wildman–Crippen MR) is 95.0 cm³/mol. The number of aromatic nitrogens is 1. The van der Waals surface area contributed by atoms with E-state index >= 15 is 0 Å². The molecule has 2 N–H and O–H groups in total. The first-order valence-electron chi connectivity index (χ1n) is 8.48. The van der Waals surface area contributed by atoms with Gasteiger partial charge < -0.3 is 4.57 Å². The molecule has 0 saturated heterocycles. The Labute approximate surface area is 147 Å². The molecular formula is C19H24FN3O2. The van der Waals surface area contributed by atoms with Crippen molar-refractivity contribution in [3.63, 3.8) is 0 Å². The predicted octanol–water partition coefficient (Wildman–Crippen LogP) is 3.57. The molecule has 0 fully saturated rings. The van der Waals surface area contributed by atoms with E-state index in [4.69, 9.17) is 0 Å². The number of rotatable bonds is 6. The number of aryl methyl sites for hydroxylation is 1. The molecule has 1 heterocycles. The van der Waals surface area contributed by atoms with Gasteiger partial charge in [0, 0.05) is 23.5 Å². The van der Waals surface area contributed by atoms with Crippen molar-refractivity contribution in [2.75, 3.05) is 0 Å². The van der Waals surface area contributed by atoms with Crippen LogP contribution in [0.4, 0.5) is 4.39 Å². The van der Waals surface area contributed by atoms with Gasteiger partial charge in [-0.25, -0.2) is 4.39 Å². The molecule has 0 aliphatic heterocycles. The topological polar surface area (TPSA) is 63.1 Å². The van der Waals surface area contributed by atoms with Crippen LogP contribution < -0.4 is 10.9 Å². The van der Waals surface area contributed by atoms with Crippen molar-refractivity contribution in [2.24, 2.45) is 0 Å². The Morgan fingerprint density at radius 1 is 1.08 bits per heavy atom. The number of nitrogens with one attached hydrogen (secondary N) is 2. The average Bonchev–Trinajstić information content (AvgIpc) is 2.88. The summed E-state index contributed by atoms with van der Waals surface area (Å²) in [6, 6.07) is 7.82. The van der Waals surface area contributed by atoms with E-state index in [1.54, 1.807) is 18.2 Å². The van der Waals surface area contributed by atoms with Crippen molar-refractivity contribution in [2.45, 2.75) is 46.5 Å². The van der Waals surface area contributed by atoms with Crippen molar-refractivity contribution in [3.05, 3.63) is 53.1 Å². The third-order valence-corrected chi connectivity index (χ3v) is 4.08.